The van der Waals surface area contributed by atoms with Crippen LogP contribution in [0.5, 0.6) is 0 Å². The highest BCUT2D eigenvalue weighted by Crippen LogP contribution is 2.37. The largest absolute Gasteiger partial charge is 0.342 e. The van der Waals surface area contributed by atoms with Gasteiger partial charge < -0.3 is 9.47 Å². The predicted octanol–water partition coefficient (Wildman–Crippen LogP) is 2.56. The van der Waals surface area contributed by atoms with Crippen LogP contribution < -0.4 is 0 Å². The Balaban J connectivity index is 1.69. The molecule has 2 aliphatic rings. The van der Waals surface area contributed by atoms with E-state index >= 15 is 0 Å². The second-order valence-electron chi connectivity index (χ2n) is 7.85. The minimum atomic E-state index is -1.40. The van der Waals surface area contributed by atoms with Gasteiger partial charge in [-0.25, -0.2) is 4.79 Å². The Hall–Kier alpha value is -3.03. The highest BCUT2D eigenvalue weighted by Gasteiger charge is 2.55. The first-order valence-corrected chi connectivity index (χ1v) is 9.89. The summed E-state index contributed by atoms with van der Waals surface area (Å²) >= 11 is 0. The molecule has 0 aliphatic carbocycles. The van der Waals surface area contributed by atoms with E-state index in [0.29, 0.717) is 18.8 Å². The van der Waals surface area contributed by atoms with Crippen LogP contribution in [-0.2, 0) is 31.3 Å². The van der Waals surface area contributed by atoms with Crippen molar-refractivity contribution in [1.82, 2.24) is 9.80 Å². The standard InChI is InChI=1S/C23H24N2O5/c1-22(15-17-9-5-3-6-10-17)19(26)24(2)21(28)25(20(22)27)16-23(29-13-14-30-23)18-11-7-4-8-12-18/h3-12H,13-16H2,1-2H3. The first kappa shape index (κ1) is 20.3. The molecule has 2 fully saturated rings. The van der Waals surface area contributed by atoms with Crippen LogP contribution in [0, 0.1) is 5.41 Å². The lowest BCUT2D eigenvalue weighted by Crippen LogP contribution is -2.65. The molecule has 2 aromatic carbocycles. The maximum absolute atomic E-state index is 13.5. The summed E-state index contributed by atoms with van der Waals surface area (Å²) in [5.74, 6) is -2.31. The Morgan fingerprint density at radius 1 is 0.867 bits per heavy atom. The van der Waals surface area contributed by atoms with Crippen LogP contribution in [-0.4, -0.2) is 54.5 Å². The topological polar surface area (TPSA) is 76.2 Å². The fourth-order valence-corrected chi connectivity index (χ4v) is 4.11. The number of barbiturate groups is 1. The summed E-state index contributed by atoms with van der Waals surface area (Å²) < 4.78 is 11.8. The Labute approximate surface area is 175 Å². The van der Waals surface area contributed by atoms with Gasteiger partial charge in [-0.3, -0.25) is 19.4 Å². The fourth-order valence-electron chi connectivity index (χ4n) is 4.11. The number of hydrogen-bond acceptors (Lipinski definition) is 5. The third-order valence-corrected chi connectivity index (χ3v) is 5.75. The van der Waals surface area contributed by atoms with E-state index in [1.54, 1.807) is 6.92 Å². The van der Waals surface area contributed by atoms with Gasteiger partial charge in [-0.2, -0.15) is 0 Å². The van der Waals surface area contributed by atoms with E-state index in [4.69, 9.17) is 9.47 Å². The zero-order valence-corrected chi connectivity index (χ0v) is 17.0. The van der Waals surface area contributed by atoms with E-state index in [-0.39, 0.29) is 13.0 Å². The lowest BCUT2D eigenvalue weighted by atomic mass is 9.79. The van der Waals surface area contributed by atoms with Crippen LogP contribution in [0.25, 0.3) is 0 Å². The van der Waals surface area contributed by atoms with Crippen LogP contribution in [0.2, 0.25) is 0 Å². The van der Waals surface area contributed by atoms with Crippen LogP contribution in [0.3, 0.4) is 0 Å². The van der Waals surface area contributed by atoms with Gasteiger partial charge >= 0.3 is 6.03 Å². The molecular weight excluding hydrogens is 384 g/mol. The minimum absolute atomic E-state index is 0.128. The van der Waals surface area contributed by atoms with Crippen molar-refractivity contribution in [3.63, 3.8) is 0 Å². The molecule has 4 rings (SSSR count). The maximum Gasteiger partial charge on any atom is 0.333 e. The number of imide groups is 2. The van der Waals surface area contributed by atoms with Gasteiger partial charge in [0.25, 0.3) is 0 Å². The number of urea groups is 1. The molecule has 1 unspecified atom stereocenters. The molecule has 7 nitrogen and oxygen atoms in total. The van der Waals surface area contributed by atoms with Crippen LogP contribution in [0.4, 0.5) is 4.79 Å². The highest BCUT2D eigenvalue weighted by molar-refractivity contribution is 6.18. The third-order valence-electron chi connectivity index (χ3n) is 5.75. The molecule has 2 aliphatic heterocycles. The number of ether oxygens (including phenoxy) is 2. The van der Waals surface area contributed by atoms with Gasteiger partial charge in [0.1, 0.15) is 5.41 Å². The van der Waals surface area contributed by atoms with E-state index in [9.17, 15) is 14.4 Å². The quantitative estimate of drug-likeness (QED) is 0.711. The molecule has 0 bridgehead atoms. The molecule has 0 saturated carbocycles. The molecule has 4 amide bonds. The molecule has 156 valence electrons. The van der Waals surface area contributed by atoms with E-state index in [2.05, 4.69) is 0 Å². The molecular formula is C23H24N2O5. The smallest absolute Gasteiger partial charge is 0.333 e. The van der Waals surface area contributed by atoms with E-state index in [0.717, 1.165) is 15.4 Å². The highest BCUT2D eigenvalue weighted by atomic mass is 16.7. The summed E-state index contributed by atoms with van der Waals surface area (Å²) in [4.78, 5) is 41.6. The average Bonchev–Trinajstić information content (AvgIpc) is 3.26. The Morgan fingerprint density at radius 2 is 1.43 bits per heavy atom. The van der Waals surface area contributed by atoms with Crippen molar-refractivity contribution in [1.29, 1.82) is 0 Å². The molecule has 0 N–H and O–H groups in total. The molecule has 30 heavy (non-hydrogen) atoms. The summed E-state index contributed by atoms with van der Waals surface area (Å²) in [5, 5.41) is 0. The van der Waals surface area contributed by atoms with Gasteiger partial charge in [-0.15, -0.1) is 0 Å². The normalized spacial score (nSPS) is 23.9. The predicted molar refractivity (Wildman–Crippen MR) is 108 cm³/mol. The van der Waals surface area contributed by atoms with Crippen molar-refractivity contribution in [3.8, 4) is 0 Å². The summed E-state index contributed by atoms with van der Waals surface area (Å²) in [7, 11) is 1.40. The van der Waals surface area contributed by atoms with Gasteiger partial charge in [0.2, 0.25) is 17.6 Å². The molecule has 2 saturated heterocycles. The second kappa shape index (κ2) is 7.66. The number of nitrogens with zero attached hydrogens (tertiary/aromatic N) is 2. The summed E-state index contributed by atoms with van der Waals surface area (Å²) in [6.07, 6.45) is 0.194. The number of carbonyl (C=O) groups is 3. The van der Waals surface area contributed by atoms with Crippen molar-refractivity contribution < 1.29 is 23.9 Å². The molecule has 1 atom stereocenters. The lowest BCUT2D eigenvalue weighted by molar-refractivity contribution is -0.186. The number of amides is 4. The van der Waals surface area contributed by atoms with Crippen molar-refractivity contribution in [2.24, 2.45) is 5.41 Å². The molecule has 2 aromatic rings. The monoisotopic (exact) mass is 408 g/mol. The van der Waals surface area contributed by atoms with Crippen molar-refractivity contribution in [2.75, 3.05) is 26.8 Å². The molecule has 0 spiro atoms. The molecule has 0 radical (unpaired) electrons. The van der Waals surface area contributed by atoms with E-state index < -0.39 is 29.0 Å². The first-order chi connectivity index (χ1) is 14.4. The number of benzene rings is 2. The second-order valence-corrected chi connectivity index (χ2v) is 7.85. The van der Waals surface area contributed by atoms with Crippen molar-refractivity contribution in [3.05, 3.63) is 71.8 Å². The Kier molecular flexibility index (Phi) is 5.17. The van der Waals surface area contributed by atoms with Crippen molar-refractivity contribution >= 4 is 17.8 Å². The average molecular weight is 408 g/mol. The number of hydrogen-bond donors (Lipinski definition) is 0. The van der Waals surface area contributed by atoms with E-state index in [1.807, 2.05) is 60.7 Å². The Bertz CT molecular complexity index is 956. The van der Waals surface area contributed by atoms with Gasteiger partial charge in [0.05, 0.1) is 19.8 Å². The molecule has 2 heterocycles. The zero-order chi connectivity index (χ0) is 21.4. The van der Waals surface area contributed by atoms with E-state index in [1.165, 1.54) is 7.05 Å². The maximum atomic E-state index is 13.5. The fraction of sp³-hybridized carbons (Fsp3) is 0.348. The number of carbonyl (C=O) groups excluding carboxylic acids is 3. The SMILES string of the molecule is CN1C(=O)N(CC2(c3ccccc3)OCCO2)C(=O)C(C)(Cc2ccccc2)C1=O. The third kappa shape index (κ3) is 3.30. The van der Waals surface area contributed by atoms with Gasteiger partial charge in [0, 0.05) is 12.6 Å². The van der Waals surface area contributed by atoms with Crippen molar-refractivity contribution in [2.45, 2.75) is 19.1 Å². The molecule has 0 aromatic heterocycles. The summed E-state index contributed by atoms with van der Waals surface area (Å²) in [6.45, 7) is 2.16. The Morgan fingerprint density at radius 3 is 2.03 bits per heavy atom. The van der Waals surface area contributed by atoms with Crippen LogP contribution >= 0.6 is 0 Å². The first-order valence-electron chi connectivity index (χ1n) is 9.89. The van der Waals surface area contributed by atoms with Crippen LogP contribution in [0.1, 0.15) is 18.1 Å². The van der Waals surface area contributed by atoms with Gasteiger partial charge in [-0.05, 0) is 18.9 Å². The summed E-state index contributed by atoms with van der Waals surface area (Å²) in [6, 6.07) is 17.9. The minimum Gasteiger partial charge on any atom is -0.342 e. The number of rotatable bonds is 5. The van der Waals surface area contributed by atoms with Gasteiger partial charge in [-0.1, -0.05) is 60.7 Å². The lowest BCUT2D eigenvalue weighted by Gasteiger charge is -2.43. The molecule has 7 heteroatoms. The van der Waals surface area contributed by atoms with Gasteiger partial charge in [0.15, 0.2) is 0 Å². The van der Waals surface area contributed by atoms with Crippen LogP contribution in [0.15, 0.2) is 60.7 Å². The zero-order valence-electron chi connectivity index (χ0n) is 17.0. The summed E-state index contributed by atoms with van der Waals surface area (Å²) in [5.41, 5.74) is 0.156.